The maximum absolute atomic E-state index is 12.7. The second-order valence-corrected chi connectivity index (χ2v) is 5.75. The fourth-order valence-corrected chi connectivity index (χ4v) is 2.69. The predicted molar refractivity (Wildman–Crippen MR) is 95.8 cm³/mol. The van der Waals surface area contributed by atoms with Crippen LogP contribution < -0.4 is 10.1 Å². The lowest BCUT2D eigenvalue weighted by atomic mass is 10.1. The Labute approximate surface area is 154 Å². The monoisotopic (exact) mass is 373 g/mol. The van der Waals surface area contributed by atoms with E-state index in [1.54, 1.807) is 19.2 Å². The number of aromatic nitrogens is 4. The molecule has 1 heterocycles. The van der Waals surface area contributed by atoms with Gasteiger partial charge in [0.25, 0.3) is 5.91 Å². The Hall–Kier alpha value is -2.97. The summed E-state index contributed by atoms with van der Waals surface area (Å²) in [7, 11) is 3.09. The minimum absolute atomic E-state index is 0.298. The average Bonchev–Trinajstić information content (AvgIpc) is 3.16. The van der Waals surface area contributed by atoms with Crippen molar-refractivity contribution in [2.75, 3.05) is 19.5 Å². The number of halogens is 1. The number of methoxy groups -OCH3 is 2. The van der Waals surface area contributed by atoms with Gasteiger partial charge in [-0.15, -0.1) is 5.10 Å². The van der Waals surface area contributed by atoms with Crippen LogP contribution in [-0.4, -0.2) is 40.3 Å². The smallest absolute Gasteiger partial charge is 0.259 e. The molecule has 3 aromatic rings. The summed E-state index contributed by atoms with van der Waals surface area (Å²) >= 11 is 6.29. The van der Waals surface area contributed by atoms with Crippen molar-refractivity contribution in [3.05, 3.63) is 58.9 Å². The second-order valence-electron chi connectivity index (χ2n) is 5.35. The molecule has 0 aliphatic carbocycles. The Morgan fingerprint density at radius 1 is 1.27 bits per heavy atom. The lowest BCUT2D eigenvalue weighted by Gasteiger charge is -2.13. The van der Waals surface area contributed by atoms with Gasteiger partial charge in [0.05, 0.1) is 30.0 Å². The van der Waals surface area contributed by atoms with Gasteiger partial charge in [-0.2, -0.15) is 4.68 Å². The Kier molecular flexibility index (Phi) is 5.45. The number of anilines is 1. The van der Waals surface area contributed by atoms with Gasteiger partial charge in [-0.25, -0.2) is 0 Å². The molecule has 0 aliphatic heterocycles. The van der Waals surface area contributed by atoms with Gasteiger partial charge in [-0.05, 0) is 34.2 Å². The zero-order chi connectivity index (χ0) is 18.5. The Bertz CT molecular complexity index is 915. The highest BCUT2D eigenvalue weighted by Gasteiger charge is 2.17. The molecular formula is C17H16ClN5O3. The van der Waals surface area contributed by atoms with Crippen LogP contribution in [0.15, 0.2) is 42.7 Å². The van der Waals surface area contributed by atoms with Gasteiger partial charge < -0.3 is 14.8 Å². The molecule has 0 unspecified atom stereocenters. The van der Waals surface area contributed by atoms with E-state index in [4.69, 9.17) is 21.1 Å². The summed E-state index contributed by atoms with van der Waals surface area (Å²) in [6.07, 6.45) is 1.40. The third-order valence-electron chi connectivity index (χ3n) is 3.61. The number of nitrogens with zero attached hydrogens (tertiary/aromatic N) is 4. The van der Waals surface area contributed by atoms with Gasteiger partial charge in [-0.3, -0.25) is 4.79 Å². The first-order valence-corrected chi connectivity index (χ1v) is 8.00. The summed E-state index contributed by atoms with van der Waals surface area (Å²) in [5, 5.41) is 14.1. The number of benzene rings is 2. The molecule has 9 heteroatoms. The molecule has 1 aromatic heterocycles. The number of amides is 1. The van der Waals surface area contributed by atoms with Crippen molar-refractivity contribution in [1.82, 2.24) is 20.2 Å². The molecule has 0 bridgehead atoms. The number of nitrogens with one attached hydrogen (secondary N) is 1. The third kappa shape index (κ3) is 3.81. The summed E-state index contributed by atoms with van der Waals surface area (Å²) in [4.78, 5) is 12.7. The van der Waals surface area contributed by atoms with Crippen molar-refractivity contribution in [2.45, 2.75) is 6.61 Å². The van der Waals surface area contributed by atoms with Crippen molar-refractivity contribution in [1.29, 1.82) is 0 Å². The van der Waals surface area contributed by atoms with Gasteiger partial charge in [0.1, 0.15) is 12.1 Å². The van der Waals surface area contributed by atoms with Crippen LogP contribution >= 0.6 is 11.6 Å². The van der Waals surface area contributed by atoms with Gasteiger partial charge in [0, 0.05) is 18.9 Å². The largest absolute Gasteiger partial charge is 0.496 e. The van der Waals surface area contributed by atoms with Gasteiger partial charge in [-0.1, -0.05) is 23.7 Å². The molecule has 0 fully saturated rings. The normalized spacial score (nSPS) is 10.6. The molecule has 0 aliphatic rings. The Morgan fingerprint density at radius 3 is 2.81 bits per heavy atom. The van der Waals surface area contributed by atoms with Crippen molar-refractivity contribution in [2.24, 2.45) is 0 Å². The van der Waals surface area contributed by atoms with Crippen molar-refractivity contribution >= 4 is 23.2 Å². The molecule has 2 aromatic carbocycles. The maximum atomic E-state index is 12.7. The number of hydrogen-bond donors (Lipinski definition) is 1. The van der Waals surface area contributed by atoms with Crippen LogP contribution in [0.25, 0.3) is 5.69 Å². The molecule has 8 nitrogen and oxygen atoms in total. The summed E-state index contributed by atoms with van der Waals surface area (Å²) in [6.45, 7) is 0.458. The quantitative estimate of drug-likeness (QED) is 0.714. The number of hydrogen-bond acceptors (Lipinski definition) is 6. The number of rotatable bonds is 6. The second kappa shape index (κ2) is 7.94. The molecule has 0 saturated carbocycles. The molecule has 0 spiro atoms. The maximum Gasteiger partial charge on any atom is 0.259 e. The zero-order valence-electron chi connectivity index (χ0n) is 14.1. The van der Waals surface area contributed by atoms with Crippen LogP contribution in [-0.2, 0) is 11.3 Å². The minimum atomic E-state index is -0.346. The zero-order valence-corrected chi connectivity index (χ0v) is 14.9. The van der Waals surface area contributed by atoms with E-state index < -0.39 is 0 Å². The molecule has 0 radical (unpaired) electrons. The molecule has 1 N–H and O–H groups in total. The fraction of sp³-hybridized carbons (Fsp3) is 0.176. The summed E-state index contributed by atoms with van der Waals surface area (Å²) in [5.74, 6) is 0.00651. The highest BCUT2D eigenvalue weighted by Crippen LogP contribution is 2.30. The first-order valence-electron chi connectivity index (χ1n) is 7.62. The van der Waals surface area contributed by atoms with Crippen molar-refractivity contribution in [3.8, 4) is 11.4 Å². The van der Waals surface area contributed by atoms with Crippen LogP contribution in [0, 0.1) is 0 Å². The third-order valence-corrected chi connectivity index (χ3v) is 3.91. The van der Waals surface area contributed by atoms with E-state index in [1.807, 2.05) is 18.2 Å². The number of carbonyl (C=O) groups excluding carboxylic acids is 1. The summed E-state index contributed by atoms with van der Waals surface area (Å²) in [5.41, 5.74) is 2.40. The first kappa shape index (κ1) is 17.8. The van der Waals surface area contributed by atoms with E-state index in [9.17, 15) is 4.79 Å². The lowest BCUT2D eigenvalue weighted by Crippen LogP contribution is -2.14. The van der Waals surface area contributed by atoms with E-state index >= 15 is 0 Å². The van der Waals surface area contributed by atoms with Gasteiger partial charge in [0.2, 0.25) is 0 Å². The Balaban J connectivity index is 1.89. The van der Waals surface area contributed by atoms with E-state index in [0.29, 0.717) is 34.3 Å². The van der Waals surface area contributed by atoms with Crippen LogP contribution in [0.5, 0.6) is 5.75 Å². The SMILES string of the molecule is COCc1cccc(NC(=O)c2cc(Cl)c(-n3cnnn3)cc2OC)c1. The molecule has 1 amide bonds. The van der Waals surface area contributed by atoms with Crippen molar-refractivity contribution < 1.29 is 14.3 Å². The van der Waals surface area contributed by atoms with Gasteiger partial charge >= 0.3 is 0 Å². The topological polar surface area (TPSA) is 91.2 Å². The first-order chi connectivity index (χ1) is 12.6. The summed E-state index contributed by atoms with van der Waals surface area (Å²) < 4.78 is 11.8. The van der Waals surface area contributed by atoms with E-state index in [1.165, 1.54) is 24.2 Å². The fourth-order valence-electron chi connectivity index (χ4n) is 2.44. The van der Waals surface area contributed by atoms with Crippen molar-refractivity contribution in [3.63, 3.8) is 0 Å². The molecular weight excluding hydrogens is 358 g/mol. The van der Waals surface area contributed by atoms with Crippen LogP contribution in [0.2, 0.25) is 5.02 Å². The molecule has 0 saturated heterocycles. The number of ether oxygens (including phenoxy) is 2. The van der Waals surface area contributed by atoms with Gasteiger partial charge in [0.15, 0.2) is 0 Å². The standard InChI is InChI=1S/C17H16ClN5O3/c1-25-9-11-4-3-5-12(6-11)20-17(24)13-7-14(18)15(8-16(13)26-2)23-10-19-21-22-23/h3-8,10H,9H2,1-2H3,(H,20,24). The van der Waals surface area contributed by atoms with Crippen LogP contribution in [0.4, 0.5) is 5.69 Å². The molecule has 26 heavy (non-hydrogen) atoms. The van der Waals surface area contributed by atoms with E-state index in [2.05, 4.69) is 20.8 Å². The van der Waals surface area contributed by atoms with Crippen LogP contribution in [0.3, 0.4) is 0 Å². The highest BCUT2D eigenvalue weighted by molar-refractivity contribution is 6.33. The lowest BCUT2D eigenvalue weighted by molar-refractivity contribution is 0.102. The molecule has 0 atom stereocenters. The summed E-state index contributed by atoms with van der Waals surface area (Å²) in [6, 6.07) is 10.5. The van der Waals surface area contributed by atoms with E-state index in [-0.39, 0.29) is 5.91 Å². The number of tetrazole rings is 1. The van der Waals surface area contributed by atoms with E-state index in [0.717, 1.165) is 5.56 Å². The Morgan fingerprint density at radius 2 is 2.12 bits per heavy atom. The minimum Gasteiger partial charge on any atom is -0.496 e. The van der Waals surface area contributed by atoms with Crippen LogP contribution in [0.1, 0.15) is 15.9 Å². The highest BCUT2D eigenvalue weighted by atomic mass is 35.5. The average molecular weight is 374 g/mol. The predicted octanol–water partition coefficient (Wildman–Crippen LogP) is 2.72. The number of carbonyl (C=O) groups is 1. The molecule has 3 rings (SSSR count). The molecule has 134 valence electrons.